The Hall–Kier alpha value is -4.97. The van der Waals surface area contributed by atoms with Gasteiger partial charge in [-0.3, -0.25) is 14.5 Å². The van der Waals surface area contributed by atoms with E-state index in [4.69, 9.17) is 28.4 Å². The van der Waals surface area contributed by atoms with Crippen LogP contribution in [0.4, 0.5) is 5.13 Å². The van der Waals surface area contributed by atoms with Crippen molar-refractivity contribution in [2.24, 2.45) is 0 Å². The molecule has 12 heteroatoms. The van der Waals surface area contributed by atoms with Crippen molar-refractivity contribution < 1.29 is 43.1 Å². The van der Waals surface area contributed by atoms with Gasteiger partial charge in [0.05, 0.1) is 49.8 Å². The number of hydrogen-bond donors (Lipinski definition) is 1. The number of aliphatic hydroxyl groups is 1. The van der Waals surface area contributed by atoms with Crippen molar-refractivity contribution in [2.75, 3.05) is 46.0 Å². The molecule has 0 radical (unpaired) electrons. The SMILES string of the molecule is CCOc1ccc2nc(N3C(=O)C(=O)/C(=C(\O)c4ccc5c(c4)OCCO5)C3c3cc(OC)c(OC)c(OC)c3)sc2c1. The van der Waals surface area contributed by atoms with Crippen LogP contribution >= 0.6 is 11.3 Å². The number of methoxy groups -OCH3 is 3. The van der Waals surface area contributed by atoms with Crippen LogP contribution in [0.2, 0.25) is 0 Å². The number of aromatic nitrogens is 1. The van der Waals surface area contributed by atoms with Crippen molar-refractivity contribution in [2.45, 2.75) is 13.0 Å². The lowest BCUT2D eigenvalue weighted by atomic mass is 9.94. The molecule has 1 fully saturated rings. The van der Waals surface area contributed by atoms with Gasteiger partial charge in [-0.25, -0.2) is 4.98 Å². The number of amides is 1. The number of nitrogens with zero attached hydrogens (tertiary/aromatic N) is 2. The van der Waals surface area contributed by atoms with Crippen LogP contribution < -0.4 is 33.3 Å². The maximum atomic E-state index is 13.8. The molecule has 0 saturated carbocycles. The maximum Gasteiger partial charge on any atom is 0.301 e. The minimum atomic E-state index is -1.09. The van der Waals surface area contributed by atoms with E-state index in [-0.39, 0.29) is 22.0 Å². The summed E-state index contributed by atoms with van der Waals surface area (Å²) in [6, 6.07) is 12.4. The van der Waals surface area contributed by atoms with Crippen molar-refractivity contribution in [3.05, 3.63) is 65.2 Å². The summed E-state index contributed by atoms with van der Waals surface area (Å²) in [4.78, 5) is 33.5. The fourth-order valence-corrected chi connectivity index (χ4v) is 6.22. The molecule has 1 aromatic heterocycles. The fourth-order valence-electron chi connectivity index (χ4n) is 5.20. The van der Waals surface area contributed by atoms with Gasteiger partial charge in [-0.15, -0.1) is 0 Å². The van der Waals surface area contributed by atoms with E-state index >= 15 is 0 Å². The molecule has 43 heavy (non-hydrogen) atoms. The van der Waals surface area contributed by atoms with Gasteiger partial charge in [-0.1, -0.05) is 11.3 Å². The molecular formula is C31H28N2O9S. The average Bonchev–Trinajstić information content (AvgIpc) is 3.57. The third-order valence-corrected chi connectivity index (χ3v) is 8.15. The number of ether oxygens (including phenoxy) is 6. The van der Waals surface area contributed by atoms with E-state index in [1.165, 1.54) is 37.6 Å². The molecule has 11 nitrogen and oxygen atoms in total. The van der Waals surface area contributed by atoms with E-state index in [1.807, 2.05) is 13.0 Å². The van der Waals surface area contributed by atoms with Crippen molar-refractivity contribution >= 4 is 44.1 Å². The van der Waals surface area contributed by atoms with Crippen molar-refractivity contribution in [3.8, 4) is 34.5 Å². The minimum absolute atomic E-state index is 0.134. The predicted molar refractivity (Wildman–Crippen MR) is 159 cm³/mol. The number of ketones is 1. The number of hydrogen-bond acceptors (Lipinski definition) is 11. The molecule has 0 aliphatic carbocycles. The smallest absolute Gasteiger partial charge is 0.301 e. The first-order valence-electron chi connectivity index (χ1n) is 13.4. The Morgan fingerprint density at radius 1 is 0.977 bits per heavy atom. The van der Waals surface area contributed by atoms with Crippen LogP contribution in [-0.4, -0.2) is 62.9 Å². The zero-order valence-electron chi connectivity index (χ0n) is 23.8. The zero-order chi connectivity index (χ0) is 30.2. The summed E-state index contributed by atoms with van der Waals surface area (Å²) in [6.07, 6.45) is 0. The standard InChI is InChI=1S/C31H28N2O9S/c1-5-40-18-7-8-19-24(15-18)43-31(32-19)33-26(17-13-22(37-2)29(39-4)23(14-17)38-3)25(28(35)30(33)36)27(34)16-6-9-20-21(12-16)42-11-10-41-20/h6-9,12-15,26,34H,5,10-11H2,1-4H3/b27-25-. The summed E-state index contributed by atoms with van der Waals surface area (Å²) in [7, 11) is 4.42. The first-order valence-corrected chi connectivity index (χ1v) is 14.2. The number of aliphatic hydroxyl groups excluding tert-OH is 1. The van der Waals surface area contributed by atoms with Gasteiger partial charge in [-0.2, -0.15) is 0 Å². The maximum absolute atomic E-state index is 13.8. The number of rotatable bonds is 8. The summed E-state index contributed by atoms with van der Waals surface area (Å²) >= 11 is 1.23. The summed E-state index contributed by atoms with van der Waals surface area (Å²) in [5.41, 5.74) is 1.21. The molecule has 0 spiro atoms. The highest BCUT2D eigenvalue weighted by Gasteiger charge is 2.48. The second-order valence-corrected chi connectivity index (χ2v) is 10.6. The van der Waals surface area contributed by atoms with E-state index in [2.05, 4.69) is 4.98 Å². The van der Waals surface area contributed by atoms with E-state index in [1.54, 1.807) is 42.5 Å². The second-order valence-electron chi connectivity index (χ2n) is 9.55. The monoisotopic (exact) mass is 604 g/mol. The van der Waals surface area contributed by atoms with Gasteiger partial charge >= 0.3 is 5.91 Å². The van der Waals surface area contributed by atoms with Gasteiger partial charge in [-0.05, 0) is 61.0 Å². The van der Waals surface area contributed by atoms with Crippen LogP contribution in [0.3, 0.4) is 0 Å². The Bertz CT molecular complexity index is 1760. The first-order chi connectivity index (χ1) is 20.9. The predicted octanol–water partition coefficient (Wildman–Crippen LogP) is 5.12. The van der Waals surface area contributed by atoms with Crippen LogP contribution in [0.1, 0.15) is 24.1 Å². The number of Topliss-reactive ketones (excluding diaryl/α,β-unsaturated/α-hetero) is 1. The Kier molecular flexibility index (Phi) is 7.45. The van der Waals surface area contributed by atoms with Crippen LogP contribution in [0, 0.1) is 0 Å². The number of carbonyl (C=O) groups is 2. The lowest BCUT2D eigenvalue weighted by Gasteiger charge is -2.25. The van der Waals surface area contributed by atoms with Crippen LogP contribution in [0.5, 0.6) is 34.5 Å². The molecule has 222 valence electrons. The normalized spacial score (nSPS) is 17.3. The Balaban J connectivity index is 1.57. The lowest BCUT2D eigenvalue weighted by molar-refractivity contribution is -0.132. The number of benzene rings is 3. The third kappa shape index (κ3) is 4.83. The van der Waals surface area contributed by atoms with Gasteiger partial charge < -0.3 is 33.5 Å². The molecule has 2 aliphatic heterocycles. The van der Waals surface area contributed by atoms with Gasteiger partial charge in [0.25, 0.3) is 5.78 Å². The number of anilines is 1. The molecule has 3 aromatic carbocycles. The Morgan fingerprint density at radius 2 is 1.70 bits per heavy atom. The molecule has 3 heterocycles. The summed E-state index contributed by atoms with van der Waals surface area (Å²) < 4.78 is 34.3. The van der Waals surface area contributed by atoms with E-state index < -0.39 is 17.7 Å². The number of carbonyl (C=O) groups excluding carboxylic acids is 2. The molecule has 1 unspecified atom stereocenters. The second kappa shape index (κ2) is 11.4. The molecule has 1 saturated heterocycles. The fraction of sp³-hybridized carbons (Fsp3) is 0.258. The molecule has 1 amide bonds. The molecule has 1 atom stereocenters. The topological polar surface area (TPSA) is 126 Å². The van der Waals surface area contributed by atoms with E-state index in [9.17, 15) is 14.7 Å². The largest absolute Gasteiger partial charge is 0.507 e. The molecule has 6 rings (SSSR count). The summed E-state index contributed by atoms with van der Waals surface area (Å²) in [5, 5.41) is 11.9. The van der Waals surface area contributed by atoms with E-state index in [0.717, 1.165) is 4.70 Å². The average molecular weight is 605 g/mol. The molecule has 0 bridgehead atoms. The van der Waals surface area contributed by atoms with Gasteiger partial charge in [0.2, 0.25) is 5.75 Å². The minimum Gasteiger partial charge on any atom is -0.507 e. The quantitative estimate of drug-likeness (QED) is 0.165. The van der Waals surface area contributed by atoms with Crippen LogP contribution in [0.25, 0.3) is 16.0 Å². The van der Waals surface area contributed by atoms with Crippen LogP contribution in [-0.2, 0) is 9.59 Å². The van der Waals surface area contributed by atoms with Crippen molar-refractivity contribution in [1.82, 2.24) is 4.98 Å². The Morgan fingerprint density at radius 3 is 2.37 bits per heavy atom. The Labute approximate surface area is 250 Å². The van der Waals surface area contributed by atoms with Gasteiger partial charge in [0.1, 0.15) is 24.7 Å². The van der Waals surface area contributed by atoms with E-state index in [0.29, 0.717) is 65.4 Å². The molecular weight excluding hydrogens is 576 g/mol. The lowest BCUT2D eigenvalue weighted by Crippen LogP contribution is -2.29. The zero-order valence-corrected chi connectivity index (χ0v) is 24.6. The van der Waals surface area contributed by atoms with Gasteiger partial charge in [0, 0.05) is 5.56 Å². The van der Waals surface area contributed by atoms with Crippen molar-refractivity contribution in [1.29, 1.82) is 0 Å². The highest BCUT2D eigenvalue weighted by atomic mass is 32.1. The highest BCUT2D eigenvalue weighted by molar-refractivity contribution is 7.22. The summed E-state index contributed by atoms with van der Waals surface area (Å²) in [6.45, 7) is 3.13. The number of fused-ring (bicyclic) bond motifs is 2. The summed E-state index contributed by atoms with van der Waals surface area (Å²) in [5.74, 6) is 0.460. The molecule has 4 aromatic rings. The molecule has 2 aliphatic rings. The molecule has 1 N–H and O–H groups in total. The van der Waals surface area contributed by atoms with Crippen molar-refractivity contribution in [3.63, 3.8) is 0 Å². The number of thiazole rings is 1. The third-order valence-electron chi connectivity index (χ3n) is 7.13. The van der Waals surface area contributed by atoms with Gasteiger partial charge in [0.15, 0.2) is 28.1 Å². The highest BCUT2D eigenvalue weighted by Crippen LogP contribution is 2.48. The first kappa shape index (κ1) is 28.2. The van der Waals surface area contributed by atoms with Crippen LogP contribution in [0.15, 0.2) is 54.1 Å².